The highest BCUT2D eigenvalue weighted by Gasteiger charge is 2.40. The van der Waals surface area contributed by atoms with E-state index in [4.69, 9.17) is 4.74 Å². The van der Waals surface area contributed by atoms with Crippen LogP contribution >= 0.6 is 0 Å². The van der Waals surface area contributed by atoms with Gasteiger partial charge in [0, 0.05) is 39.4 Å². The third-order valence-electron chi connectivity index (χ3n) is 7.63. The number of likely N-dealkylation sites (tertiary alicyclic amines) is 2. The van der Waals surface area contributed by atoms with Crippen LogP contribution in [0.5, 0.6) is 0 Å². The van der Waals surface area contributed by atoms with Gasteiger partial charge in [-0.1, -0.05) is 12.8 Å². The van der Waals surface area contributed by atoms with Crippen molar-refractivity contribution in [3.05, 3.63) is 0 Å². The average molecular weight is 394 g/mol. The Morgan fingerprint density at radius 3 is 2.18 bits per heavy atom. The molecule has 1 aliphatic carbocycles. The first-order valence-electron chi connectivity index (χ1n) is 11.5. The lowest BCUT2D eigenvalue weighted by molar-refractivity contribution is 0.0172. The van der Waals surface area contributed by atoms with E-state index in [1.807, 2.05) is 14.2 Å². The van der Waals surface area contributed by atoms with Crippen LogP contribution in [0.4, 0.5) is 0 Å². The second-order valence-electron chi connectivity index (χ2n) is 9.45. The predicted octanol–water partition coefficient (Wildman–Crippen LogP) is 2.31. The Morgan fingerprint density at radius 1 is 0.929 bits per heavy atom. The first kappa shape index (κ1) is 21.8. The number of nitrogens with one attached hydrogen (secondary N) is 2. The molecule has 0 aromatic rings. The molecular formula is C22H43N5O. The molecular weight excluding hydrogens is 350 g/mol. The van der Waals surface area contributed by atoms with Crippen molar-refractivity contribution in [1.82, 2.24) is 20.4 Å². The maximum absolute atomic E-state index is 5.34. The molecule has 0 unspecified atom stereocenters. The van der Waals surface area contributed by atoms with Crippen LogP contribution < -0.4 is 10.6 Å². The van der Waals surface area contributed by atoms with Crippen molar-refractivity contribution in [2.75, 3.05) is 67.1 Å². The lowest BCUT2D eigenvalue weighted by Crippen LogP contribution is -2.62. The summed E-state index contributed by atoms with van der Waals surface area (Å²) in [6, 6.07) is 0. The molecule has 162 valence electrons. The fourth-order valence-corrected chi connectivity index (χ4v) is 5.26. The van der Waals surface area contributed by atoms with E-state index >= 15 is 0 Å². The summed E-state index contributed by atoms with van der Waals surface area (Å²) in [5.74, 6) is 0.971. The van der Waals surface area contributed by atoms with Crippen LogP contribution in [0.15, 0.2) is 4.99 Å². The zero-order valence-corrected chi connectivity index (χ0v) is 18.6. The molecule has 28 heavy (non-hydrogen) atoms. The Hall–Kier alpha value is -0.850. The summed E-state index contributed by atoms with van der Waals surface area (Å²) in [5, 5.41) is 7.36. The van der Waals surface area contributed by atoms with Gasteiger partial charge in [-0.3, -0.25) is 9.89 Å². The van der Waals surface area contributed by atoms with Gasteiger partial charge in [-0.25, -0.2) is 0 Å². The molecule has 0 bridgehead atoms. The second kappa shape index (κ2) is 10.3. The lowest BCUT2D eigenvalue weighted by Gasteiger charge is -2.50. The van der Waals surface area contributed by atoms with Crippen LogP contribution in [-0.2, 0) is 4.74 Å². The fraction of sp³-hybridized carbons (Fsp3) is 0.955. The van der Waals surface area contributed by atoms with E-state index in [-0.39, 0.29) is 5.54 Å². The first-order valence-corrected chi connectivity index (χ1v) is 11.5. The quantitative estimate of drug-likeness (QED) is 0.490. The Kier molecular flexibility index (Phi) is 8.01. The fourth-order valence-electron chi connectivity index (χ4n) is 5.26. The van der Waals surface area contributed by atoms with Gasteiger partial charge >= 0.3 is 0 Å². The van der Waals surface area contributed by atoms with Crippen molar-refractivity contribution in [2.45, 2.75) is 63.3 Å². The Balaban J connectivity index is 1.55. The summed E-state index contributed by atoms with van der Waals surface area (Å²) in [6.07, 6.45) is 11.7. The summed E-state index contributed by atoms with van der Waals surface area (Å²) in [4.78, 5) is 9.80. The number of hydrogen-bond acceptors (Lipinski definition) is 4. The number of hydrogen-bond donors (Lipinski definition) is 2. The van der Waals surface area contributed by atoms with Gasteiger partial charge in [0.25, 0.3) is 0 Å². The zero-order chi connectivity index (χ0) is 19.9. The van der Waals surface area contributed by atoms with Crippen LogP contribution in [0.2, 0.25) is 0 Å². The third kappa shape index (κ3) is 5.39. The minimum atomic E-state index is 0.286. The molecule has 6 nitrogen and oxygen atoms in total. The molecule has 3 rings (SSSR count). The monoisotopic (exact) mass is 393 g/mol. The van der Waals surface area contributed by atoms with Gasteiger partial charge in [-0.15, -0.1) is 0 Å². The van der Waals surface area contributed by atoms with Crippen molar-refractivity contribution in [2.24, 2.45) is 10.4 Å². The highest BCUT2D eigenvalue weighted by molar-refractivity contribution is 5.79. The van der Waals surface area contributed by atoms with E-state index in [2.05, 4.69) is 32.5 Å². The number of nitrogens with zero attached hydrogens (tertiary/aromatic N) is 3. The van der Waals surface area contributed by atoms with E-state index in [0.29, 0.717) is 5.41 Å². The molecule has 3 fully saturated rings. The van der Waals surface area contributed by atoms with Gasteiger partial charge in [0.15, 0.2) is 5.96 Å². The highest BCUT2D eigenvalue weighted by atomic mass is 16.5. The molecule has 0 spiro atoms. The molecule has 0 aromatic heterocycles. The molecule has 2 saturated heterocycles. The first-order chi connectivity index (χ1) is 13.6. The smallest absolute Gasteiger partial charge is 0.191 e. The van der Waals surface area contributed by atoms with Crippen molar-refractivity contribution in [3.8, 4) is 0 Å². The minimum Gasteiger partial charge on any atom is -0.385 e. The van der Waals surface area contributed by atoms with Crippen molar-refractivity contribution in [3.63, 3.8) is 0 Å². The molecule has 2 N–H and O–H groups in total. The van der Waals surface area contributed by atoms with Crippen LogP contribution in [0, 0.1) is 5.41 Å². The molecule has 0 atom stereocenters. The number of rotatable bonds is 8. The van der Waals surface area contributed by atoms with Gasteiger partial charge in [0.2, 0.25) is 0 Å². The SMILES string of the molecule is CN=C(NCC1(CCOC)CCC1)NCC1(N2CCCCC2)CCN(C)CC1. The molecule has 0 aromatic carbocycles. The predicted molar refractivity (Wildman–Crippen MR) is 117 cm³/mol. The van der Waals surface area contributed by atoms with Gasteiger partial charge < -0.3 is 20.3 Å². The van der Waals surface area contributed by atoms with Crippen molar-refractivity contribution >= 4 is 5.96 Å². The van der Waals surface area contributed by atoms with Gasteiger partial charge in [0.05, 0.1) is 0 Å². The van der Waals surface area contributed by atoms with Crippen molar-refractivity contribution in [1.29, 1.82) is 0 Å². The van der Waals surface area contributed by atoms with E-state index in [9.17, 15) is 0 Å². The minimum absolute atomic E-state index is 0.286. The van der Waals surface area contributed by atoms with Gasteiger partial charge in [-0.2, -0.15) is 0 Å². The average Bonchev–Trinajstić information content (AvgIpc) is 2.71. The maximum Gasteiger partial charge on any atom is 0.191 e. The summed E-state index contributed by atoms with van der Waals surface area (Å²) in [7, 11) is 5.97. The van der Waals surface area contributed by atoms with Crippen LogP contribution in [-0.4, -0.2) is 88.4 Å². The summed E-state index contributed by atoms with van der Waals surface area (Å²) >= 11 is 0. The summed E-state index contributed by atoms with van der Waals surface area (Å²) < 4.78 is 5.34. The van der Waals surface area contributed by atoms with Crippen molar-refractivity contribution < 1.29 is 4.74 Å². The topological polar surface area (TPSA) is 52.1 Å². The highest BCUT2D eigenvalue weighted by Crippen LogP contribution is 2.43. The standard InChI is InChI=1S/C22H43N5O/c1-23-20(24-18-21(8-7-9-21)12-17-28-3)25-19-22(10-15-26(2)16-11-22)27-13-5-4-6-14-27/h4-19H2,1-3H3,(H2,23,24,25). The number of methoxy groups -OCH3 is 1. The van der Waals surface area contributed by atoms with E-state index in [1.54, 1.807) is 0 Å². The number of aliphatic imine (C=N–C) groups is 1. The van der Waals surface area contributed by atoms with Gasteiger partial charge in [0.1, 0.15) is 0 Å². The maximum atomic E-state index is 5.34. The molecule has 1 saturated carbocycles. The number of guanidine groups is 1. The molecule has 0 amide bonds. The summed E-state index contributed by atoms with van der Waals surface area (Å²) in [6.45, 7) is 7.80. The van der Waals surface area contributed by atoms with E-state index in [1.165, 1.54) is 77.5 Å². The van der Waals surface area contributed by atoms with Crippen LogP contribution in [0.1, 0.15) is 57.8 Å². The van der Waals surface area contributed by atoms with E-state index in [0.717, 1.165) is 32.1 Å². The molecule has 6 heteroatoms. The number of piperidine rings is 2. The third-order valence-corrected chi connectivity index (χ3v) is 7.63. The molecule has 2 heterocycles. The second-order valence-corrected chi connectivity index (χ2v) is 9.45. The largest absolute Gasteiger partial charge is 0.385 e. The Labute approximate surface area is 172 Å². The van der Waals surface area contributed by atoms with Gasteiger partial charge in [-0.05, 0) is 83.6 Å². The number of ether oxygens (including phenoxy) is 1. The summed E-state index contributed by atoms with van der Waals surface area (Å²) in [5.41, 5.74) is 0.695. The lowest BCUT2D eigenvalue weighted by atomic mass is 9.67. The Bertz CT molecular complexity index is 491. The Morgan fingerprint density at radius 2 is 1.61 bits per heavy atom. The van der Waals surface area contributed by atoms with Crippen LogP contribution in [0.25, 0.3) is 0 Å². The molecule has 3 aliphatic rings. The zero-order valence-electron chi connectivity index (χ0n) is 18.6. The molecule has 2 aliphatic heterocycles. The van der Waals surface area contributed by atoms with E-state index < -0.39 is 0 Å². The normalized spacial score (nSPS) is 25.9. The molecule has 0 radical (unpaired) electrons. The van der Waals surface area contributed by atoms with Crippen LogP contribution in [0.3, 0.4) is 0 Å².